The van der Waals surface area contributed by atoms with E-state index in [4.69, 9.17) is 5.11 Å². The summed E-state index contributed by atoms with van der Waals surface area (Å²) >= 11 is -0.359. The Morgan fingerprint density at radius 2 is 2.00 bits per heavy atom. The first-order valence-electron chi connectivity index (χ1n) is 4.94. The van der Waals surface area contributed by atoms with Gasteiger partial charge in [-0.1, -0.05) is 0 Å². The van der Waals surface area contributed by atoms with Gasteiger partial charge in [-0.05, 0) is 0 Å². The molecule has 13 heavy (non-hydrogen) atoms. The van der Waals surface area contributed by atoms with Gasteiger partial charge in [-0.3, -0.25) is 0 Å². The van der Waals surface area contributed by atoms with Gasteiger partial charge in [0.1, 0.15) is 0 Å². The zero-order valence-corrected chi connectivity index (χ0v) is 11.1. The minimum atomic E-state index is -0.576. The van der Waals surface area contributed by atoms with Gasteiger partial charge < -0.3 is 0 Å². The summed E-state index contributed by atoms with van der Waals surface area (Å²) in [5.74, 6) is -0.576. The summed E-state index contributed by atoms with van der Waals surface area (Å²) < 4.78 is 0.819. The van der Waals surface area contributed by atoms with E-state index in [-0.39, 0.29) is 24.4 Å². The van der Waals surface area contributed by atoms with Gasteiger partial charge in [0.15, 0.2) is 0 Å². The van der Waals surface area contributed by atoms with Crippen molar-refractivity contribution in [2.24, 2.45) is 0 Å². The van der Waals surface area contributed by atoms with Gasteiger partial charge in [0.2, 0.25) is 0 Å². The van der Waals surface area contributed by atoms with E-state index in [0.717, 1.165) is 12.8 Å². The predicted octanol–water partition coefficient (Wildman–Crippen LogP) is 2.97. The molecule has 0 amide bonds. The molecular weight excluding hydrogens is 280 g/mol. The van der Waals surface area contributed by atoms with Crippen LogP contribution in [0.4, 0.5) is 0 Å². The fourth-order valence-electron chi connectivity index (χ4n) is 1.16. The minimum absolute atomic E-state index is 0.352. The molecule has 1 unspecified atom stereocenters. The maximum absolute atomic E-state index is 11.0. The quantitative estimate of drug-likeness (QED) is 0.580. The summed E-state index contributed by atoms with van der Waals surface area (Å²) in [5, 5.41) is 9.10. The second kappa shape index (κ2) is 6.67. The zero-order chi connectivity index (χ0) is 10.3. The summed E-state index contributed by atoms with van der Waals surface area (Å²) in [6, 6.07) is 0. The Morgan fingerprint density at radius 1 is 1.38 bits per heavy atom. The van der Waals surface area contributed by atoms with Gasteiger partial charge in [0.05, 0.1) is 0 Å². The Balaban J connectivity index is 4.00. The van der Waals surface area contributed by atoms with Crippen molar-refractivity contribution in [1.29, 1.82) is 0 Å². The Hall–Kier alpha value is 0.260. The number of aliphatic carboxylic acids is 1. The molecule has 0 aromatic carbocycles. The first-order chi connectivity index (χ1) is 6.06. The van der Waals surface area contributed by atoms with E-state index in [1.54, 1.807) is 0 Å². The van der Waals surface area contributed by atoms with Gasteiger partial charge in [-0.25, -0.2) is 0 Å². The molecule has 0 rings (SSSR count). The molecule has 0 fully saturated rings. The Labute approximate surface area is 91.2 Å². The summed E-state index contributed by atoms with van der Waals surface area (Å²) in [5.41, 5.74) is 0. The monoisotopic (exact) mass is 302 g/mol. The molecule has 3 heteroatoms. The van der Waals surface area contributed by atoms with Crippen molar-refractivity contribution < 1.29 is 9.90 Å². The summed E-state index contributed by atoms with van der Waals surface area (Å²) in [6.45, 7) is 6.15. The van der Waals surface area contributed by atoms with E-state index >= 15 is 0 Å². The van der Waals surface area contributed by atoms with Crippen LogP contribution in [0.25, 0.3) is 0 Å². The molecule has 1 N–H and O–H groups in total. The van der Waals surface area contributed by atoms with E-state index < -0.39 is 5.97 Å². The zero-order valence-electron chi connectivity index (χ0n) is 8.80. The van der Waals surface area contributed by atoms with Crippen molar-refractivity contribution in [3.05, 3.63) is 0 Å². The Morgan fingerprint density at radius 3 is 2.38 bits per heavy atom. The molecule has 0 aliphatic carbocycles. The van der Waals surface area contributed by atoms with Crippen molar-refractivity contribution in [2.75, 3.05) is 0 Å². The van der Waals surface area contributed by atoms with E-state index in [9.17, 15) is 4.79 Å². The molecule has 0 spiro atoms. The molecule has 1 atom stereocenters. The fraction of sp³-hybridized carbons (Fsp3) is 0.900. The van der Waals surface area contributed by atoms with E-state index in [2.05, 4.69) is 13.8 Å². The number of hydrogen-bond acceptors (Lipinski definition) is 1. The first-order valence-corrected chi connectivity index (χ1v) is 7.75. The van der Waals surface area contributed by atoms with Crippen LogP contribution >= 0.6 is 0 Å². The van der Waals surface area contributed by atoms with Gasteiger partial charge in [0, 0.05) is 0 Å². The van der Waals surface area contributed by atoms with Crippen molar-refractivity contribution in [3.63, 3.8) is 0 Å². The van der Waals surface area contributed by atoms with Crippen molar-refractivity contribution in [3.8, 4) is 0 Å². The molecule has 0 aliphatic rings. The molecule has 0 radical (unpaired) electrons. The van der Waals surface area contributed by atoms with E-state index in [1.165, 1.54) is 17.3 Å². The molecule has 0 bridgehead atoms. The van der Waals surface area contributed by atoms with Crippen LogP contribution in [0.2, 0.25) is 7.93 Å². The number of rotatable bonds is 7. The van der Waals surface area contributed by atoms with Crippen LogP contribution in [0.15, 0.2) is 0 Å². The number of unbranched alkanes of at least 4 members (excludes halogenated alkanes) is 1. The Kier molecular flexibility index (Phi) is 6.81. The molecule has 0 heterocycles. The molecule has 0 saturated heterocycles. The second-order valence-electron chi connectivity index (χ2n) is 3.49. The molecule has 0 saturated carbocycles. The summed E-state index contributed by atoms with van der Waals surface area (Å²) in [6.07, 6.45) is 4.23. The fourth-order valence-corrected chi connectivity index (χ4v) is 5.03. The third-order valence-corrected chi connectivity index (χ3v) is 6.40. The van der Waals surface area contributed by atoms with Crippen LogP contribution in [0.3, 0.4) is 0 Å². The number of carboxylic acids is 1. The van der Waals surface area contributed by atoms with Crippen molar-refractivity contribution in [2.45, 2.75) is 54.4 Å². The van der Waals surface area contributed by atoms with E-state index in [0.29, 0.717) is 0 Å². The normalized spacial score (nSPS) is 15.3. The number of carboxylic acid groups (broad SMARTS) is 1. The van der Waals surface area contributed by atoms with Gasteiger partial charge in [-0.15, -0.1) is 0 Å². The maximum atomic E-state index is 11.0. The average molecular weight is 300 g/mol. The second-order valence-corrected chi connectivity index (χ2v) is 8.05. The van der Waals surface area contributed by atoms with Gasteiger partial charge >= 0.3 is 91.2 Å². The van der Waals surface area contributed by atoms with Crippen LogP contribution < -0.4 is 0 Å². The van der Waals surface area contributed by atoms with Crippen LogP contribution in [-0.4, -0.2) is 32.0 Å². The van der Waals surface area contributed by atoms with E-state index in [1.807, 2.05) is 6.92 Å². The SMILES string of the molecule is CCCC[Te]C(C)(CCC)C(=O)O. The van der Waals surface area contributed by atoms with Crippen molar-refractivity contribution in [1.82, 2.24) is 0 Å². The average Bonchev–Trinajstić information content (AvgIpc) is 2.05. The van der Waals surface area contributed by atoms with Crippen LogP contribution in [0, 0.1) is 0 Å². The third-order valence-electron chi connectivity index (χ3n) is 2.10. The van der Waals surface area contributed by atoms with Crippen LogP contribution in [0.1, 0.15) is 46.5 Å². The van der Waals surface area contributed by atoms with Gasteiger partial charge in [0.25, 0.3) is 0 Å². The van der Waals surface area contributed by atoms with Crippen LogP contribution in [-0.2, 0) is 4.79 Å². The topological polar surface area (TPSA) is 37.3 Å². The standard InChI is InChI=1S/C10H20O2Te/c1-4-6-8-13-10(3,7-5-2)9(11)12/h4-8H2,1-3H3,(H,11,12). The number of carbonyl (C=O) groups is 1. The first kappa shape index (κ1) is 13.3. The summed E-state index contributed by atoms with van der Waals surface area (Å²) in [7, 11) is 0. The predicted molar refractivity (Wildman–Crippen MR) is 56.4 cm³/mol. The van der Waals surface area contributed by atoms with Gasteiger partial charge in [-0.2, -0.15) is 0 Å². The van der Waals surface area contributed by atoms with Crippen LogP contribution in [0.5, 0.6) is 0 Å². The Bertz CT molecular complexity index is 159. The molecule has 2 nitrogen and oxygen atoms in total. The molecule has 78 valence electrons. The molecular formula is C10H20O2Te. The van der Waals surface area contributed by atoms with Crippen molar-refractivity contribution >= 4 is 26.9 Å². The molecule has 0 aliphatic heterocycles. The number of hydrogen-bond donors (Lipinski definition) is 1. The molecule has 0 aromatic rings. The molecule has 0 aromatic heterocycles. The third kappa shape index (κ3) is 4.88. The summed E-state index contributed by atoms with van der Waals surface area (Å²) in [4.78, 5) is 11.0.